The van der Waals surface area contributed by atoms with Gasteiger partial charge in [0.15, 0.2) is 23.2 Å². The fraction of sp³-hybridized carbons (Fsp3) is 0.111. The summed E-state index contributed by atoms with van der Waals surface area (Å²) in [5.41, 5.74) is 1.43. The number of nitrogens with zero attached hydrogens (tertiary/aromatic N) is 1. The molecule has 1 aliphatic rings. The van der Waals surface area contributed by atoms with Gasteiger partial charge < -0.3 is 14.8 Å². The monoisotopic (exact) mass is 695 g/mol. The van der Waals surface area contributed by atoms with Crippen molar-refractivity contribution in [1.82, 2.24) is 5.32 Å². The molecule has 0 atom stereocenters. The fourth-order valence-electron chi connectivity index (χ4n) is 3.62. The van der Waals surface area contributed by atoms with E-state index in [4.69, 9.17) is 44.9 Å². The van der Waals surface area contributed by atoms with Crippen molar-refractivity contribution in [3.05, 3.63) is 85.4 Å². The number of rotatable bonds is 8. The Kier molecular flexibility index (Phi) is 9.44. The normalized spacial score (nSPS) is 14.3. The van der Waals surface area contributed by atoms with Crippen molar-refractivity contribution >= 4 is 98.3 Å². The van der Waals surface area contributed by atoms with Gasteiger partial charge in [-0.2, -0.15) is 0 Å². The lowest BCUT2D eigenvalue weighted by molar-refractivity contribution is -0.122. The van der Waals surface area contributed by atoms with Crippen LogP contribution in [-0.2, 0) is 14.4 Å². The molecule has 200 valence electrons. The van der Waals surface area contributed by atoms with Gasteiger partial charge in [0.25, 0.3) is 17.7 Å². The molecule has 0 saturated carbocycles. The van der Waals surface area contributed by atoms with Gasteiger partial charge in [-0.05, 0) is 95.8 Å². The molecule has 39 heavy (non-hydrogen) atoms. The third kappa shape index (κ3) is 6.88. The third-order valence-corrected chi connectivity index (χ3v) is 7.13. The van der Waals surface area contributed by atoms with Crippen molar-refractivity contribution in [2.24, 2.45) is 0 Å². The van der Waals surface area contributed by atoms with E-state index in [1.807, 2.05) is 28.7 Å². The van der Waals surface area contributed by atoms with Crippen LogP contribution in [0.1, 0.15) is 12.5 Å². The van der Waals surface area contributed by atoms with Gasteiger partial charge >= 0.3 is 0 Å². The SMILES string of the molecule is CCOc1cc(/C=C2/C(=O)NC(=S)N(c3ccccc3)C2=O)cc(I)c1OCC(=O)Nc1ccc(Cl)c(Cl)c1. The molecule has 1 heterocycles. The molecule has 0 bridgehead atoms. The second kappa shape index (κ2) is 12.8. The van der Waals surface area contributed by atoms with E-state index in [1.165, 1.54) is 17.0 Å². The molecule has 12 heteroatoms. The zero-order valence-electron chi connectivity index (χ0n) is 20.3. The van der Waals surface area contributed by atoms with Crippen molar-refractivity contribution in [2.45, 2.75) is 6.92 Å². The van der Waals surface area contributed by atoms with Crippen LogP contribution in [0.5, 0.6) is 11.5 Å². The van der Waals surface area contributed by atoms with Gasteiger partial charge in [-0.15, -0.1) is 0 Å². The second-order valence-corrected chi connectivity index (χ2v) is 10.4. The summed E-state index contributed by atoms with van der Waals surface area (Å²) < 4.78 is 12.1. The molecule has 8 nitrogen and oxygen atoms in total. The number of hydrogen-bond acceptors (Lipinski definition) is 6. The third-order valence-electron chi connectivity index (χ3n) is 5.31. The van der Waals surface area contributed by atoms with Gasteiger partial charge in [-0.1, -0.05) is 41.4 Å². The number of para-hydroxylation sites is 1. The number of hydrogen-bond donors (Lipinski definition) is 2. The first-order valence-corrected chi connectivity index (χ1v) is 13.7. The van der Waals surface area contributed by atoms with Gasteiger partial charge in [0.05, 0.1) is 25.9 Å². The second-order valence-electron chi connectivity index (χ2n) is 8.02. The number of carbonyl (C=O) groups excluding carboxylic acids is 3. The molecule has 1 aliphatic heterocycles. The van der Waals surface area contributed by atoms with Crippen LogP contribution in [0.25, 0.3) is 6.08 Å². The van der Waals surface area contributed by atoms with Gasteiger partial charge in [0.1, 0.15) is 5.57 Å². The predicted molar refractivity (Wildman–Crippen MR) is 164 cm³/mol. The molecule has 3 aromatic carbocycles. The molecule has 1 fully saturated rings. The maximum absolute atomic E-state index is 13.3. The summed E-state index contributed by atoms with van der Waals surface area (Å²) >= 11 is 19.2. The summed E-state index contributed by atoms with van der Waals surface area (Å²) in [7, 11) is 0. The Morgan fingerprint density at radius 3 is 2.51 bits per heavy atom. The standard InChI is InChI=1S/C27H20Cl2IN3O5S/c1-2-37-22-12-15(10-18-25(35)32-27(39)33(26(18)36)17-6-4-3-5-7-17)11-21(30)24(22)38-14-23(34)31-16-8-9-19(28)20(29)13-16/h3-13H,2,14H2,1H3,(H,31,34)(H,32,35,39)/b18-10-. The van der Waals surface area contributed by atoms with E-state index in [0.29, 0.717) is 48.7 Å². The summed E-state index contributed by atoms with van der Waals surface area (Å²) in [6.45, 7) is 1.81. The molecule has 1 saturated heterocycles. The molecule has 0 aromatic heterocycles. The minimum atomic E-state index is -0.607. The number of thiocarbonyl (C=S) groups is 1. The van der Waals surface area contributed by atoms with Gasteiger partial charge in [0, 0.05) is 5.69 Å². The number of anilines is 2. The average molecular weight is 696 g/mol. The van der Waals surface area contributed by atoms with Crippen LogP contribution in [0.4, 0.5) is 11.4 Å². The maximum Gasteiger partial charge on any atom is 0.270 e. The Hall–Kier alpha value is -3.19. The van der Waals surface area contributed by atoms with Crippen LogP contribution in [0, 0.1) is 3.57 Å². The highest BCUT2D eigenvalue weighted by atomic mass is 127. The van der Waals surface area contributed by atoms with E-state index < -0.39 is 17.7 Å². The van der Waals surface area contributed by atoms with Crippen LogP contribution >= 0.6 is 58.0 Å². The fourth-order valence-corrected chi connectivity index (χ4v) is 4.98. The molecule has 4 rings (SSSR count). The maximum atomic E-state index is 13.3. The topological polar surface area (TPSA) is 97.0 Å². The summed E-state index contributed by atoms with van der Waals surface area (Å²) in [6, 6.07) is 16.9. The summed E-state index contributed by atoms with van der Waals surface area (Å²) in [6.07, 6.45) is 1.46. The van der Waals surface area contributed by atoms with Crippen LogP contribution in [0.3, 0.4) is 0 Å². The van der Waals surface area contributed by atoms with Crippen molar-refractivity contribution in [3.63, 3.8) is 0 Å². The van der Waals surface area contributed by atoms with Gasteiger partial charge in [0.2, 0.25) is 0 Å². The Morgan fingerprint density at radius 1 is 1.08 bits per heavy atom. The van der Waals surface area contributed by atoms with E-state index in [2.05, 4.69) is 10.6 Å². The van der Waals surface area contributed by atoms with Gasteiger partial charge in [-0.25, -0.2) is 0 Å². The molecule has 0 aliphatic carbocycles. The Morgan fingerprint density at radius 2 is 1.82 bits per heavy atom. The van der Waals surface area contributed by atoms with E-state index in [-0.39, 0.29) is 17.3 Å². The minimum absolute atomic E-state index is 0.000770. The van der Waals surface area contributed by atoms with E-state index >= 15 is 0 Å². The number of amides is 3. The van der Waals surface area contributed by atoms with Crippen LogP contribution < -0.4 is 25.0 Å². The lowest BCUT2D eigenvalue weighted by Gasteiger charge is -2.28. The molecule has 0 spiro atoms. The highest BCUT2D eigenvalue weighted by molar-refractivity contribution is 14.1. The molecular weight excluding hydrogens is 676 g/mol. The number of nitrogens with one attached hydrogen (secondary N) is 2. The Labute approximate surface area is 253 Å². The lowest BCUT2D eigenvalue weighted by Crippen LogP contribution is -2.54. The first-order chi connectivity index (χ1) is 18.7. The largest absolute Gasteiger partial charge is 0.490 e. The minimum Gasteiger partial charge on any atom is -0.490 e. The van der Waals surface area contributed by atoms with Crippen LogP contribution in [-0.4, -0.2) is 36.0 Å². The highest BCUT2D eigenvalue weighted by Crippen LogP contribution is 2.35. The van der Waals surface area contributed by atoms with Crippen molar-refractivity contribution < 1.29 is 23.9 Å². The van der Waals surface area contributed by atoms with Crippen molar-refractivity contribution in [2.75, 3.05) is 23.4 Å². The summed E-state index contributed by atoms with van der Waals surface area (Å²) in [5.74, 6) is -0.890. The highest BCUT2D eigenvalue weighted by Gasteiger charge is 2.34. The first-order valence-electron chi connectivity index (χ1n) is 11.5. The van der Waals surface area contributed by atoms with Crippen molar-refractivity contribution in [1.29, 1.82) is 0 Å². The van der Waals surface area contributed by atoms with E-state index in [1.54, 1.807) is 55.5 Å². The first kappa shape index (κ1) is 28.8. The lowest BCUT2D eigenvalue weighted by atomic mass is 10.1. The molecule has 2 N–H and O–H groups in total. The molecule has 3 amide bonds. The molecule has 0 radical (unpaired) electrons. The van der Waals surface area contributed by atoms with E-state index in [9.17, 15) is 14.4 Å². The van der Waals surface area contributed by atoms with Crippen LogP contribution in [0.2, 0.25) is 10.0 Å². The molecule has 3 aromatic rings. The summed E-state index contributed by atoms with van der Waals surface area (Å²) in [4.78, 5) is 39.7. The zero-order valence-corrected chi connectivity index (χ0v) is 24.8. The van der Waals surface area contributed by atoms with E-state index in [0.717, 1.165) is 0 Å². The molecular formula is C27H20Cl2IN3O5S. The number of carbonyl (C=O) groups is 3. The zero-order chi connectivity index (χ0) is 28.1. The quantitative estimate of drug-likeness (QED) is 0.133. The average Bonchev–Trinajstić information content (AvgIpc) is 2.89. The number of ether oxygens (including phenoxy) is 2. The van der Waals surface area contributed by atoms with Crippen molar-refractivity contribution in [3.8, 4) is 11.5 Å². The predicted octanol–water partition coefficient (Wildman–Crippen LogP) is 5.85. The summed E-state index contributed by atoms with van der Waals surface area (Å²) in [5, 5.41) is 5.94. The Bertz CT molecular complexity index is 1500. The number of benzene rings is 3. The van der Waals surface area contributed by atoms with Crippen LogP contribution in [0.15, 0.2) is 66.2 Å². The molecule has 0 unspecified atom stereocenters. The van der Waals surface area contributed by atoms with Gasteiger partial charge in [-0.3, -0.25) is 24.6 Å². The smallest absolute Gasteiger partial charge is 0.270 e. The number of halogens is 3. The Balaban J connectivity index is 1.56.